The Balaban J connectivity index is 1.31. The number of nitrogens with zero attached hydrogens (tertiary/aromatic N) is 1. The number of benzene rings is 2. The van der Waals surface area contributed by atoms with Gasteiger partial charge in [0, 0.05) is 30.4 Å². The molecule has 28 heavy (non-hydrogen) atoms. The van der Waals surface area contributed by atoms with Gasteiger partial charge in [-0.2, -0.15) is 0 Å². The zero-order valence-corrected chi connectivity index (χ0v) is 16.9. The molecule has 2 heterocycles. The minimum atomic E-state index is -0.236. The van der Waals surface area contributed by atoms with Crippen LogP contribution in [0.1, 0.15) is 37.7 Å². The molecular formula is C23H28FN3S. The second kappa shape index (κ2) is 9.01. The number of nitrogens with one attached hydrogen (secondary N) is 2. The second-order valence-corrected chi connectivity index (χ2v) is 8.39. The van der Waals surface area contributed by atoms with Gasteiger partial charge in [-0.25, -0.2) is 4.39 Å². The van der Waals surface area contributed by atoms with Gasteiger partial charge in [0.25, 0.3) is 0 Å². The summed E-state index contributed by atoms with van der Waals surface area (Å²) in [4.78, 5) is 2.74. The highest BCUT2D eigenvalue weighted by atomic mass is 32.1. The third-order valence-corrected chi connectivity index (χ3v) is 6.28. The monoisotopic (exact) mass is 397 g/mol. The van der Waals surface area contributed by atoms with Gasteiger partial charge in [-0.15, -0.1) is 0 Å². The number of fused-ring (bicyclic) bond motifs is 2. The predicted molar refractivity (Wildman–Crippen MR) is 117 cm³/mol. The average Bonchev–Trinajstić information content (AvgIpc) is 2.69. The Kier molecular flexibility index (Phi) is 6.23. The molecule has 0 aliphatic carbocycles. The Morgan fingerprint density at radius 2 is 1.68 bits per heavy atom. The van der Waals surface area contributed by atoms with E-state index in [2.05, 4.69) is 45.9 Å². The molecule has 2 N–H and O–H groups in total. The van der Waals surface area contributed by atoms with Gasteiger partial charge in [-0.05, 0) is 74.2 Å². The van der Waals surface area contributed by atoms with Crippen LogP contribution in [-0.2, 0) is 6.42 Å². The van der Waals surface area contributed by atoms with Crippen LogP contribution in [0.5, 0.6) is 0 Å². The number of halogens is 1. The smallest absolute Gasteiger partial charge is 0.170 e. The lowest BCUT2D eigenvalue weighted by Gasteiger charge is -2.49. The minimum absolute atomic E-state index is 0.236. The molecule has 3 nitrogen and oxygen atoms in total. The highest BCUT2D eigenvalue weighted by molar-refractivity contribution is 7.80. The fourth-order valence-corrected chi connectivity index (χ4v) is 5.03. The minimum Gasteiger partial charge on any atom is -0.360 e. The number of piperidine rings is 2. The molecule has 5 heteroatoms. The van der Waals surface area contributed by atoms with Crippen LogP contribution in [0, 0.1) is 5.82 Å². The van der Waals surface area contributed by atoms with Crippen LogP contribution in [0.2, 0.25) is 0 Å². The van der Waals surface area contributed by atoms with Crippen LogP contribution in [0.4, 0.5) is 10.1 Å². The fourth-order valence-electron chi connectivity index (χ4n) is 4.75. The normalized spacial score (nSPS) is 24.5. The van der Waals surface area contributed by atoms with E-state index in [1.54, 1.807) is 12.1 Å². The maximum absolute atomic E-state index is 13.1. The Morgan fingerprint density at radius 1 is 1.00 bits per heavy atom. The first kappa shape index (κ1) is 19.3. The third-order valence-electron chi connectivity index (χ3n) is 6.06. The molecule has 0 radical (unpaired) electrons. The van der Waals surface area contributed by atoms with Crippen LogP contribution < -0.4 is 10.6 Å². The van der Waals surface area contributed by atoms with Crippen molar-refractivity contribution in [2.45, 2.75) is 56.7 Å². The SMILES string of the molecule is Fc1ccc(NC(=S)NC2CC3CCCC(C2)N3CCc2ccccc2)cc1. The van der Waals surface area contributed by atoms with Crippen molar-refractivity contribution in [3.63, 3.8) is 0 Å². The molecule has 0 spiro atoms. The zero-order chi connectivity index (χ0) is 19.3. The summed E-state index contributed by atoms with van der Waals surface area (Å²) < 4.78 is 13.1. The van der Waals surface area contributed by atoms with Crippen molar-refractivity contribution in [1.82, 2.24) is 10.2 Å². The molecule has 0 aromatic heterocycles. The van der Waals surface area contributed by atoms with Crippen molar-refractivity contribution in [2.75, 3.05) is 11.9 Å². The first-order chi connectivity index (χ1) is 13.7. The molecule has 2 aliphatic rings. The molecule has 2 fully saturated rings. The van der Waals surface area contributed by atoms with Gasteiger partial charge in [0.1, 0.15) is 5.82 Å². The zero-order valence-electron chi connectivity index (χ0n) is 16.1. The molecule has 2 bridgehead atoms. The van der Waals surface area contributed by atoms with Gasteiger partial charge in [0.05, 0.1) is 0 Å². The van der Waals surface area contributed by atoms with Crippen molar-refractivity contribution >= 4 is 23.0 Å². The standard InChI is InChI=1S/C23H28FN3S/c24-18-9-11-19(12-10-18)25-23(28)26-20-15-21-7-4-8-22(16-20)27(21)14-13-17-5-2-1-3-6-17/h1-3,5-6,9-12,20-22H,4,7-8,13-16H2,(H2,25,26,28). The molecule has 2 aliphatic heterocycles. The summed E-state index contributed by atoms with van der Waals surface area (Å²) in [6.07, 6.45) is 7.29. The van der Waals surface area contributed by atoms with Gasteiger partial charge in [0.15, 0.2) is 5.11 Å². The quantitative estimate of drug-likeness (QED) is 0.713. The molecule has 2 atom stereocenters. The van der Waals surface area contributed by atoms with Gasteiger partial charge >= 0.3 is 0 Å². The number of thiocarbonyl (C=S) groups is 1. The van der Waals surface area contributed by atoms with Crippen molar-refractivity contribution in [3.8, 4) is 0 Å². The molecular weight excluding hydrogens is 369 g/mol. The summed E-state index contributed by atoms with van der Waals surface area (Å²) in [5, 5.41) is 7.32. The van der Waals surface area contributed by atoms with E-state index < -0.39 is 0 Å². The lowest BCUT2D eigenvalue weighted by Crippen LogP contribution is -2.57. The van der Waals surface area contributed by atoms with Gasteiger partial charge < -0.3 is 10.6 Å². The topological polar surface area (TPSA) is 27.3 Å². The van der Waals surface area contributed by atoms with Crippen molar-refractivity contribution in [1.29, 1.82) is 0 Å². The average molecular weight is 398 g/mol. The lowest BCUT2D eigenvalue weighted by atomic mass is 9.81. The van der Waals surface area contributed by atoms with E-state index in [1.165, 1.54) is 37.0 Å². The Morgan fingerprint density at radius 3 is 2.36 bits per heavy atom. The Labute approximate surface area is 172 Å². The summed E-state index contributed by atoms with van der Waals surface area (Å²) in [6, 6.07) is 18.8. The summed E-state index contributed by atoms with van der Waals surface area (Å²) in [6.45, 7) is 1.14. The summed E-state index contributed by atoms with van der Waals surface area (Å²) >= 11 is 5.50. The molecule has 4 rings (SSSR count). The Bertz CT molecular complexity index is 766. The molecule has 148 valence electrons. The van der Waals surface area contributed by atoms with E-state index in [9.17, 15) is 4.39 Å². The fraction of sp³-hybridized carbons (Fsp3) is 0.435. The maximum atomic E-state index is 13.1. The van der Waals surface area contributed by atoms with E-state index in [-0.39, 0.29) is 5.82 Å². The van der Waals surface area contributed by atoms with Gasteiger partial charge in [-0.3, -0.25) is 4.90 Å². The van der Waals surface area contributed by atoms with E-state index in [4.69, 9.17) is 12.2 Å². The number of anilines is 1. The maximum Gasteiger partial charge on any atom is 0.170 e. The van der Waals surface area contributed by atoms with Crippen molar-refractivity contribution < 1.29 is 4.39 Å². The van der Waals surface area contributed by atoms with Gasteiger partial charge in [0.2, 0.25) is 0 Å². The molecule has 2 unspecified atom stereocenters. The molecule has 0 amide bonds. The summed E-state index contributed by atoms with van der Waals surface area (Å²) in [7, 11) is 0. The van der Waals surface area contributed by atoms with E-state index in [1.807, 2.05) is 0 Å². The number of hydrogen-bond acceptors (Lipinski definition) is 2. The lowest BCUT2D eigenvalue weighted by molar-refractivity contribution is 0.0293. The third kappa shape index (κ3) is 4.89. The molecule has 2 aromatic carbocycles. The van der Waals surface area contributed by atoms with Crippen LogP contribution in [0.3, 0.4) is 0 Å². The second-order valence-electron chi connectivity index (χ2n) is 7.99. The predicted octanol–water partition coefficient (Wildman–Crippen LogP) is 4.74. The molecule has 2 saturated heterocycles. The Hall–Kier alpha value is -1.98. The first-order valence-electron chi connectivity index (χ1n) is 10.3. The highest BCUT2D eigenvalue weighted by Crippen LogP contribution is 2.34. The van der Waals surface area contributed by atoms with Gasteiger partial charge in [-0.1, -0.05) is 36.8 Å². The summed E-state index contributed by atoms with van der Waals surface area (Å²) in [5.41, 5.74) is 2.24. The largest absolute Gasteiger partial charge is 0.360 e. The van der Waals surface area contributed by atoms with E-state index >= 15 is 0 Å². The van der Waals surface area contributed by atoms with Crippen LogP contribution in [0.15, 0.2) is 54.6 Å². The number of rotatable bonds is 5. The van der Waals surface area contributed by atoms with Crippen molar-refractivity contribution in [3.05, 3.63) is 66.0 Å². The van der Waals surface area contributed by atoms with Crippen LogP contribution in [-0.4, -0.2) is 34.7 Å². The molecule has 0 saturated carbocycles. The molecule has 2 aromatic rings. The van der Waals surface area contributed by atoms with E-state index in [0.717, 1.165) is 31.5 Å². The highest BCUT2D eigenvalue weighted by Gasteiger charge is 2.38. The van der Waals surface area contributed by atoms with Crippen LogP contribution in [0.25, 0.3) is 0 Å². The van der Waals surface area contributed by atoms with Crippen molar-refractivity contribution in [2.24, 2.45) is 0 Å². The summed E-state index contributed by atoms with van der Waals surface area (Å²) in [5.74, 6) is -0.236. The van der Waals surface area contributed by atoms with E-state index in [0.29, 0.717) is 23.2 Å². The first-order valence-corrected chi connectivity index (χ1v) is 10.7. The number of hydrogen-bond donors (Lipinski definition) is 2. The van der Waals surface area contributed by atoms with Crippen LogP contribution >= 0.6 is 12.2 Å².